The number of amides is 1. The fraction of sp³-hybridized carbons (Fsp3) is 0.333. The Balaban J connectivity index is 1.42. The van der Waals surface area contributed by atoms with Crippen molar-refractivity contribution in [2.45, 2.75) is 23.8 Å². The largest absolute Gasteiger partial charge is 0.491 e. The van der Waals surface area contributed by atoms with E-state index in [1.54, 1.807) is 12.4 Å². The number of hydrogen-bond donors (Lipinski definition) is 1. The Kier molecular flexibility index (Phi) is 6.09. The number of anilines is 1. The Bertz CT molecular complexity index is 643. The number of rotatable bonds is 7. The van der Waals surface area contributed by atoms with Crippen molar-refractivity contribution >= 4 is 23.4 Å². The summed E-state index contributed by atoms with van der Waals surface area (Å²) in [5, 5.41) is 2.88. The fourth-order valence-corrected chi connectivity index (χ4v) is 3.06. The van der Waals surface area contributed by atoms with Crippen molar-refractivity contribution in [3.8, 4) is 5.75 Å². The average molecular weight is 344 g/mol. The summed E-state index contributed by atoms with van der Waals surface area (Å²) in [6.07, 6.45) is 5.81. The van der Waals surface area contributed by atoms with Crippen LogP contribution in [0.5, 0.6) is 5.75 Å². The van der Waals surface area contributed by atoms with E-state index in [2.05, 4.69) is 10.3 Å². The van der Waals surface area contributed by atoms with Gasteiger partial charge in [-0.25, -0.2) is 0 Å². The quantitative estimate of drug-likeness (QED) is 0.780. The molecule has 1 aromatic heterocycles. The number of aromatic nitrogens is 1. The molecular formula is C18H20N2O3S. The summed E-state index contributed by atoms with van der Waals surface area (Å²) in [5.41, 5.74) is 0.764. The Morgan fingerprint density at radius 2 is 2.04 bits per heavy atom. The molecule has 24 heavy (non-hydrogen) atoms. The molecule has 1 fully saturated rings. The van der Waals surface area contributed by atoms with Crippen LogP contribution in [0.25, 0.3) is 0 Å². The van der Waals surface area contributed by atoms with Gasteiger partial charge >= 0.3 is 0 Å². The zero-order valence-electron chi connectivity index (χ0n) is 13.3. The number of nitrogens with one attached hydrogen (secondary N) is 1. The van der Waals surface area contributed by atoms with Gasteiger partial charge < -0.3 is 14.8 Å². The van der Waals surface area contributed by atoms with E-state index in [1.165, 1.54) is 11.8 Å². The first kappa shape index (κ1) is 16.8. The van der Waals surface area contributed by atoms with Gasteiger partial charge in [0, 0.05) is 29.6 Å². The van der Waals surface area contributed by atoms with Crippen LogP contribution in [-0.4, -0.2) is 36.0 Å². The van der Waals surface area contributed by atoms with Crippen molar-refractivity contribution in [2.24, 2.45) is 0 Å². The average Bonchev–Trinajstić information content (AvgIpc) is 3.14. The van der Waals surface area contributed by atoms with Crippen LogP contribution >= 0.6 is 11.8 Å². The van der Waals surface area contributed by atoms with Gasteiger partial charge in [0.15, 0.2) is 0 Å². The monoisotopic (exact) mass is 344 g/mol. The van der Waals surface area contributed by atoms with Crippen LogP contribution in [-0.2, 0) is 9.53 Å². The lowest BCUT2D eigenvalue weighted by atomic mass is 10.2. The third-order valence-electron chi connectivity index (χ3n) is 3.62. The second-order valence-corrected chi connectivity index (χ2v) is 6.54. The van der Waals surface area contributed by atoms with Gasteiger partial charge in [-0.15, -0.1) is 11.8 Å². The zero-order valence-corrected chi connectivity index (χ0v) is 14.1. The first-order valence-electron chi connectivity index (χ1n) is 7.97. The molecule has 1 saturated heterocycles. The summed E-state index contributed by atoms with van der Waals surface area (Å²) in [7, 11) is 0. The van der Waals surface area contributed by atoms with Crippen LogP contribution < -0.4 is 10.1 Å². The number of hydrogen-bond acceptors (Lipinski definition) is 5. The van der Waals surface area contributed by atoms with Crippen molar-refractivity contribution in [1.29, 1.82) is 0 Å². The first-order chi connectivity index (χ1) is 11.8. The lowest BCUT2D eigenvalue weighted by Gasteiger charge is -2.12. The molecule has 1 unspecified atom stereocenters. The number of benzene rings is 1. The molecule has 0 spiro atoms. The van der Waals surface area contributed by atoms with E-state index in [4.69, 9.17) is 9.47 Å². The van der Waals surface area contributed by atoms with Crippen LogP contribution in [0.15, 0.2) is 53.7 Å². The van der Waals surface area contributed by atoms with Gasteiger partial charge in [-0.3, -0.25) is 9.78 Å². The topological polar surface area (TPSA) is 60.5 Å². The maximum atomic E-state index is 12.0. The summed E-state index contributed by atoms with van der Waals surface area (Å²) < 4.78 is 11.2. The number of ether oxygens (including phenoxy) is 2. The van der Waals surface area contributed by atoms with Crippen molar-refractivity contribution < 1.29 is 14.3 Å². The molecule has 0 saturated carbocycles. The van der Waals surface area contributed by atoms with E-state index in [-0.39, 0.29) is 12.0 Å². The van der Waals surface area contributed by atoms with Gasteiger partial charge in [0.25, 0.3) is 0 Å². The highest BCUT2D eigenvalue weighted by atomic mass is 32.2. The molecule has 1 atom stereocenters. The molecule has 0 aliphatic carbocycles. The Hall–Kier alpha value is -2.05. The predicted molar refractivity (Wildman–Crippen MR) is 94.5 cm³/mol. The molecule has 1 amide bonds. The maximum Gasteiger partial charge on any atom is 0.234 e. The first-order valence-corrected chi connectivity index (χ1v) is 8.95. The van der Waals surface area contributed by atoms with E-state index < -0.39 is 0 Å². The highest BCUT2D eigenvalue weighted by molar-refractivity contribution is 8.00. The van der Waals surface area contributed by atoms with Crippen LogP contribution in [0.1, 0.15) is 12.8 Å². The van der Waals surface area contributed by atoms with Crippen molar-refractivity contribution in [2.75, 3.05) is 24.3 Å². The highest BCUT2D eigenvalue weighted by Gasteiger charge is 2.15. The number of thioether (sulfide) groups is 1. The molecule has 1 aliphatic rings. The molecule has 126 valence electrons. The number of carbonyl (C=O) groups excluding carboxylic acids is 1. The minimum Gasteiger partial charge on any atom is -0.491 e. The van der Waals surface area contributed by atoms with Crippen molar-refractivity contribution in [3.05, 3.63) is 48.8 Å². The van der Waals surface area contributed by atoms with E-state index in [0.29, 0.717) is 12.4 Å². The second kappa shape index (κ2) is 8.70. The van der Waals surface area contributed by atoms with Crippen LogP contribution in [0.4, 0.5) is 5.69 Å². The molecule has 6 heteroatoms. The van der Waals surface area contributed by atoms with Gasteiger partial charge in [-0.05, 0) is 49.2 Å². The minimum atomic E-state index is -0.0372. The van der Waals surface area contributed by atoms with E-state index in [0.717, 1.165) is 35.8 Å². The lowest BCUT2D eigenvalue weighted by molar-refractivity contribution is -0.113. The summed E-state index contributed by atoms with van der Waals surface area (Å²) in [6, 6.07) is 11.2. The minimum absolute atomic E-state index is 0.0372. The van der Waals surface area contributed by atoms with Crippen molar-refractivity contribution in [3.63, 3.8) is 0 Å². The van der Waals surface area contributed by atoms with E-state index >= 15 is 0 Å². The molecule has 0 bridgehead atoms. The van der Waals surface area contributed by atoms with E-state index in [9.17, 15) is 4.79 Å². The molecule has 1 aromatic carbocycles. The number of carbonyl (C=O) groups is 1. The fourth-order valence-electron chi connectivity index (χ4n) is 2.38. The Morgan fingerprint density at radius 1 is 1.25 bits per heavy atom. The highest BCUT2D eigenvalue weighted by Crippen LogP contribution is 2.20. The summed E-state index contributed by atoms with van der Waals surface area (Å²) in [4.78, 5) is 17.0. The SMILES string of the molecule is O=C(CSc1ccncc1)Nc1ccc(OCC2CCCO2)cc1. The predicted octanol–water partition coefficient (Wildman–Crippen LogP) is 3.37. The molecule has 2 heterocycles. The van der Waals surface area contributed by atoms with Crippen LogP contribution in [0.2, 0.25) is 0 Å². The smallest absolute Gasteiger partial charge is 0.234 e. The van der Waals surface area contributed by atoms with Gasteiger partial charge in [-0.1, -0.05) is 0 Å². The van der Waals surface area contributed by atoms with Crippen LogP contribution in [0.3, 0.4) is 0 Å². The lowest BCUT2D eigenvalue weighted by Crippen LogP contribution is -2.16. The summed E-state index contributed by atoms with van der Waals surface area (Å²) >= 11 is 1.48. The molecule has 1 aliphatic heterocycles. The van der Waals surface area contributed by atoms with Gasteiger partial charge in [0.05, 0.1) is 11.9 Å². The number of nitrogens with zero attached hydrogens (tertiary/aromatic N) is 1. The normalized spacial score (nSPS) is 16.8. The maximum absolute atomic E-state index is 12.0. The van der Waals surface area contributed by atoms with Crippen LogP contribution in [0, 0.1) is 0 Å². The molecule has 2 aromatic rings. The zero-order chi connectivity index (χ0) is 16.6. The molecule has 5 nitrogen and oxygen atoms in total. The van der Waals surface area contributed by atoms with Crippen molar-refractivity contribution in [1.82, 2.24) is 4.98 Å². The van der Waals surface area contributed by atoms with Gasteiger partial charge in [0.1, 0.15) is 12.4 Å². The molecular weight excluding hydrogens is 324 g/mol. The second-order valence-electron chi connectivity index (χ2n) is 5.49. The molecule has 1 N–H and O–H groups in total. The van der Waals surface area contributed by atoms with Gasteiger partial charge in [0.2, 0.25) is 5.91 Å². The van der Waals surface area contributed by atoms with E-state index in [1.807, 2.05) is 36.4 Å². The standard InChI is InChI=1S/C18H20N2O3S/c21-18(13-24-17-7-9-19-10-8-17)20-14-3-5-15(6-4-14)23-12-16-2-1-11-22-16/h3-10,16H,1-2,11-13H2,(H,20,21). The number of pyridine rings is 1. The third kappa shape index (κ3) is 5.25. The Labute approximate surface area is 145 Å². The molecule has 0 radical (unpaired) electrons. The third-order valence-corrected chi connectivity index (χ3v) is 4.63. The summed E-state index contributed by atoms with van der Waals surface area (Å²) in [6.45, 7) is 1.41. The Morgan fingerprint density at radius 3 is 2.75 bits per heavy atom. The molecule has 3 rings (SSSR count). The summed E-state index contributed by atoms with van der Waals surface area (Å²) in [5.74, 6) is 1.11. The van der Waals surface area contributed by atoms with Gasteiger partial charge in [-0.2, -0.15) is 0 Å².